The summed E-state index contributed by atoms with van der Waals surface area (Å²) in [7, 11) is 1.65. The van der Waals surface area contributed by atoms with Crippen LogP contribution in [0.3, 0.4) is 0 Å². The first-order valence-corrected chi connectivity index (χ1v) is 12.8. The molecule has 0 aliphatic carbocycles. The number of thiol groups is 1. The Bertz CT molecular complexity index is 1320. The molecular weight excluding hydrogens is 494 g/mol. The molecule has 0 bridgehead atoms. The van der Waals surface area contributed by atoms with Crippen molar-refractivity contribution in [2.45, 2.75) is 39.0 Å². The number of hydrogen-bond acceptors (Lipinski definition) is 5. The maximum Gasteiger partial charge on any atom is 0.248 e. The quantitative estimate of drug-likeness (QED) is 0.219. The number of benzene rings is 4. The second kappa shape index (κ2) is 14.8. The van der Waals surface area contributed by atoms with E-state index in [0.29, 0.717) is 18.4 Å². The zero-order chi connectivity index (χ0) is 28.1. The highest BCUT2D eigenvalue weighted by atomic mass is 32.1. The summed E-state index contributed by atoms with van der Waals surface area (Å²) in [5.41, 5.74) is 8.86. The van der Waals surface area contributed by atoms with E-state index in [4.69, 9.17) is 10.5 Å². The fourth-order valence-electron chi connectivity index (χ4n) is 3.94. The van der Waals surface area contributed by atoms with Gasteiger partial charge in [0.05, 0.1) is 7.11 Å². The molecule has 2 amide bonds. The molecule has 6 nitrogen and oxygen atoms in total. The number of carbonyl (C=O) groups is 2. The van der Waals surface area contributed by atoms with Gasteiger partial charge in [-0.25, -0.2) is 0 Å². The van der Waals surface area contributed by atoms with Crippen molar-refractivity contribution in [1.29, 1.82) is 0 Å². The minimum atomic E-state index is -0.379. The second-order valence-electron chi connectivity index (χ2n) is 9.58. The van der Waals surface area contributed by atoms with Gasteiger partial charge in [0.25, 0.3) is 0 Å². The minimum absolute atomic E-state index is 0.0273. The predicted octanol–water partition coefficient (Wildman–Crippen LogP) is 6.29. The fourth-order valence-corrected chi connectivity index (χ4v) is 3.94. The molecule has 5 N–H and O–H groups in total. The van der Waals surface area contributed by atoms with Crippen molar-refractivity contribution in [3.63, 3.8) is 0 Å². The fraction of sp³-hybridized carbons (Fsp3) is 0.226. The molecule has 0 atom stereocenters. The molecule has 4 aromatic carbocycles. The Kier molecular flexibility index (Phi) is 11.9. The van der Waals surface area contributed by atoms with E-state index in [1.54, 1.807) is 31.4 Å². The van der Waals surface area contributed by atoms with Crippen molar-refractivity contribution < 1.29 is 14.3 Å². The molecule has 4 aromatic rings. The molecule has 0 aliphatic rings. The zero-order valence-corrected chi connectivity index (χ0v) is 23.3. The molecule has 0 heterocycles. The van der Waals surface area contributed by atoms with E-state index in [2.05, 4.69) is 68.3 Å². The highest BCUT2D eigenvalue weighted by Gasteiger charge is 2.17. The van der Waals surface area contributed by atoms with Crippen LogP contribution in [0.5, 0.6) is 5.75 Å². The summed E-state index contributed by atoms with van der Waals surface area (Å²) in [5.74, 6) is 0.476. The standard InChI is InChI=1S/C24H27NO2.C7H7NO.H3NS/c1-24(2,3)21-9-5-8-20-19(21)7-6-10-22(20)25-23(26)16-13-17-11-14-18(27-4)15-12-17;8-7(9)6-4-2-1-3-5-6;1-2/h5-12,14-15H,13,16H2,1-4H3,(H,25,26);1-5H,(H2,8,9);2H,1H2. The van der Waals surface area contributed by atoms with Crippen LogP contribution in [0.25, 0.3) is 10.8 Å². The van der Waals surface area contributed by atoms with Gasteiger partial charge in [-0.1, -0.05) is 81.4 Å². The third-order valence-electron chi connectivity index (χ3n) is 5.86. The molecule has 0 saturated carbocycles. The highest BCUT2D eigenvalue weighted by molar-refractivity contribution is 7.77. The van der Waals surface area contributed by atoms with Gasteiger partial charge < -0.3 is 15.8 Å². The first-order chi connectivity index (χ1) is 18.2. The number of amides is 2. The first-order valence-electron chi connectivity index (χ1n) is 12.2. The van der Waals surface area contributed by atoms with Gasteiger partial charge in [-0.2, -0.15) is 0 Å². The van der Waals surface area contributed by atoms with E-state index in [1.165, 1.54) is 10.9 Å². The van der Waals surface area contributed by atoms with Crippen LogP contribution in [0.4, 0.5) is 5.69 Å². The third-order valence-corrected chi connectivity index (χ3v) is 5.86. The van der Waals surface area contributed by atoms with Crippen LogP contribution < -0.4 is 20.9 Å². The molecule has 0 aromatic heterocycles. The SMILES string of the molecule is COc1ccc(CCC(=O)Nc2cccc3c(C(C)(C)C)cccc23)cc1.NC(=O)c1ccccc1.NS. The number of nitrogens with two attached hydrogens (primary N) is 2. The lowest BCUT2D eigenvalue weighted by atomic mass is 9.83. The summed E-state index contributed by atoms with van der Waals surface area (Å²) < 4.78 is 5.17. The van der Waals surface area contributed by atoms with Gasteiger partial charge in [0.1, 0.15) is 5.75 Å². The largest absolute Gasteiger partial charge is 0.497 e. The number of aryl methyl sites for hydroxylation is 1. The summed E-state index contributed by atoms with van der Waals surface area (Å²) >= 11 is 3.03. The summed E-state index contributed by atoms with van der Waals surface area (Å²) in [4.78, 5) is 22.9. The van der Waals surface area contributed by atoms with E-state index in [1.807, 2.05) is 42.5 Å². The molecule has 0 spiro atoms. The smallest absolute Gasteiger partial charge is 0.248 e. The molecule has 0 fully saturated rings. The lowest BCUT2D eigenvalue weighted by Crippen LogP contribution is -2.14. The van der Waals surface area contributed by atoms with E-state index in [-0.39, 0.29) is 17.2 Å². The molecule has 0 radical (unpaired) electrons. The number of carbonyl (C=O) groups excluding carboxylic acids is 2. The van der Waals surface area contributed by atoms with Crippen molar-refractivity contribution in [3.8, 4) is 5.75 Å². The maximum absolute atomic E-state index is 12.5. The highest BCUT2D eigenvalue weighted by Crippen LogP contribution is 2.33. The molecular formula is C31H37N3O3S. The zero-order valence-electron chi connectivity index (χ0n) is 22.4. The molecule has 4 rings (SSSR count). The van der Waals surface area contributed by atoms with Crippen molar-refractivity contribution in [3.05, 3.63) is 108 Å². The number of anilines is 1. The Morgan fingerprint density at radius 3 is 1.97 bits per heavy atom. The van der Waals surface area contributed by atoms with Gasteiger partial charge in [0, 0.05) is 23.1 Å². The number of ether oxygens (including phenoxy) is 1. The van der Waals surface area contributed by atoms with E-state index < -0.39 is 0 Å². The van der Waals surface area contributed by atoms with Crippen LogP contribution >= 0.6 is 12.8 Å². The third kappa shape index (κ3) is 8.94. The number of rotatable bonds is 6. The molecule has 0 unspecified atom stereocenters. The summed E-state index contributed by atoms with van der Waals surface area (Å²) in [6.45, 7) is 6.63. The first kappa shape index (κ1) is 30.4. The lowest BCUT2D eigenvalue weighted by Gasteiger charge is -2.22. The van der Waals surface area contributed by atoms with Gasteiger partial charge >= 0.3 is 0 Å². The Balaban J connectivity index is 0.000000387. The molecule has 38 heavy (non-hydrogen) atoms. The van der Waals surface area contributed by atoms with E-state index in [0.717, 1.165) is 22.4 Å². The Labute approximate surface area is 230 Å². The van der Waals surface area contributed by atoms with Crippen LogP contribution in [0.2, 0.25) is 0 Å². The summed E-state index contributed by atoms with van der Waals surface area (Å²) in [6, 6.07) is 29.0. The molecule has 7 heteroatoms. The van der Waals surface area contributed by atoms with Crippen LogP contribution in [0.1, 0.15) is 48.7 Å². The van der Waals surface area contributed by atoms with Gasteiger partial charge in [-0.3, -0.25) is 14.7 Å². The number of fused-ring (bicyclic) bond motifs is 1. The average molecular weight is 532 g/mol. The van der Waals surface area contributed by atoms with E-state index >= 15 is 0 Å². The topological polar surface area (TPSA) is 107 Å². The van der Waals surface area contributed by atoms with Gasteiger partial charge in [-0.15, -0.1) is 12.8 Å². The number of nitrogens with one attached hydrogen (secondary N) is 1. The second-order valence-corrected chi connectivity index (χ2v) is 9.58. The van der Waals surface area contributed by atoms with Crippen molar-refractivity contribution >= 4 is 41.1 Å². The molecule has 200 valence electrons. The van der Waals surface area contributed by atoms with Gasteiger partial charge in [-0.05, 0) is 58.7 Å². The minimum Gasteiger partial charge on any atom is -0.497 e. The maximum atomic E-state index is 12.5. The van der Waals surface area contributed by atoms with Crippen molar-refractivity contribution in [2.75, 3.05) is 12.4 Å². The summed E-state index contributed by atoms with van der Waals surface area (Å²) in [5, 5.41) is 9.57. The number of hydrogen-bond donors (Lipinski definition) is 4. The number of methoxy groups -OCH3 is 1. The monoisotopic (exact) mass is 531 g/mol. The lowest BCUT2D eigenvalue weighted by molar-refractivity contribution is -0.116. The Morgan fingerprint density at radius 2 is 1.42 bits per heavy atom. The molecule has 0 saturated heterocycles. The van der Waals surface area contributed by atoms with Crippen molar-refractivity contribution in [2.24, 2.45) is 10.9 Å². The van der Waals surface area contributed by atoms with Crippen LogP contribution in [0.15, 0.2) is 91.0 Å². The normalized spacial score (nSPS) is 10.4. The van der Waals surface area contributed by atoms with Crippen molar-refractivity contribution in [1.82, 2.24) is 0 Å². The Hall–Kier alpha value is -3.81. The molecule has 0 aliphatic heterocycles. The average Bonchev–Trinajstić information content (AvgIpc) is 2.93. The summed E-state index contributed by atoms with van der Waals surface area (Å²) in [6.07, 6.45) is 1.15. The van der Waals surface area contributed by atoms with Crippen LogP contribution in [0, 0.1) is 0 Å². The van der Waals surface area contributed by atoms with Crippen LogP contribution in [-0.2, 0) is 16.6 Å². The Morgan fingerprint density at radius 1 is 0.816 bits per heavy atom. The predicted molar refractivity (Wildman–Crippen MR) is 161 cm³/mol. The van der Waals surface area contributed by atoms with E-state index in [9.17, 15) is 9.59 Å². The number of primary amides is 1. The van der Waals surface area contributed by atoms with Gasteiger partial charge in [0.15, 0.2) is 0 Å². The van der Waals surface area contributed by atoms with Gasteiger partial charge in [0.2, 0.25) is 11.8 Å². The van der Waals surface area contributed by atoms with Crippen LogP contribution in [-0.4, -0.2) is 18.9 Å².